The molecule has 266 valence electrons. The number of Topliss-reactive ketones (excluding diaryl/α,β-unsaturated/α-hetero) is 1. The highest BCUT2D eigenvalue weighted by molar-refractivity contribution is 5.93. The van der Waals surface area contributed by atoms with Crippen LogP contribution in [-0.2, 0) is 43.0 Å². The first-order chi connectivity index (χ1) is 22.5. The van der Waals surface area contributed by atoms with E-state index in [9.17, 15) is 33.9 Å². The number of carbonyl (C=O) groups is 6. The molecule has 1 amide bonds. The standard InChI is InChI=1S/C37H53NO10/c1-22(39)48-37(16-12-28-26-7-6-24-18-25(40)10-14-35(24,4)27(26)11-15-36(28,37)5)30(41)21-46-33(45)9-8-31(42)38-29(19-32(43)44)23-13-17-47-34(2,3)20-23/h18,23,26-29H,6-17,19-21H2,1-5H3,(H,38,42)(H,43,44)/t23-,26-,27+,28+,29+,35+,36+,37+/m1/s1. The normalized spacial score (nSPS) is 35.9. The fraction of sp³-hybridized carbons (Fsp3) is 0.784. The first-order valence-electron chi connectivity index (χ1n) is 17.8. The lowest BCUT2D eigenvalue weighted by molar-refractivity contribution is -0.191. The summed E-state index contributed by atoms with van der Waals surface area (Å²) in [6.45, 7) is 9.43. The highest BCUT2D eigenvalue weighted by Gasteiger charge is 2.68. The average Bonchev–Trinajstić information content (AvgIpc) is 3.30. The van der Waals surface area contributed by atoms with Crippen LogP contribution in [0.5, 0.6) is 0 Å². The highest BCUT2D eigenvalue weighted by Crippen LogP contribution is 2.68. The molecule has 5 aliphatic rings. The summed E-state index contributed by atoms with van der Waals surface area (Å²) in [4.78, 5) is 75.9. The van der Waals surface area contributed by atoms with Gasteiger partial charge in [0.05, 0.1) is 18.4 Å². The molecule has 4 fully saturated rings. The van der Waals surface area contributed by atoms with E-state index in [4.69, 9.17) is 14.2 Å². The molecule has 11 heteroatoms. The first-order valence-corrected chi connectivity index (χ1v) is 17.8. The van der Waals surface area contributed by atoms with E-state index in [0.29, 0.717) is 50.5 Å². The number of ketones is 2. The molecule has 11 nitrogen and oxygen atoms in total. The molecule has 2 N–H and O–H groups in total. The molecule has 0 unspecified atom stereocenters. The van der Waals surface area contributed by atoms with Crippen molar-refractivity contribution in [3.8, 4) is 0 Å². The molecule has 5 rings (SSSR count). The number of hydrogen-bond acceptors (Lipinski definition) is 9. The third-order valence-electron chi connectivity index (χ3n) is 12.8. The number of carbonyl (C=O) groups excluding carboxylic acids is 5. The van der Waals surface area contributed by atoms with Crippen molar-refractivity contribution >= 4 is 35.4 Å². The number of carboxylic acids is 1. The molecule has 0 aromatic rings. The summed E-state index contributed by atoms with van der Waals surface area (Å²) in [5, 5.41) is 12.2. The number of esters is 2. The molecule has 4 aliphatic carbocycles. The van der Waals surface area contributed by atoms with Crippen LogP contribution in [0.1, 0.15) is 118 Å². The summed E-state index contributed by atoms with van der Waals surface area (Å²) in [6, 6.07) is -0.597. The van der Waals surface area contributed by atoms with Gasteiger partial charge in [-0.1, -0.05) is 19.4 Å². The quantitative estimate of drug-likeness (QED) is 0.290. The Labute approximate surface area is 283 Å². The predicted molar refractivity (Wildman–Crippen MR) is 173 cm³/mol. The van der Waals surface area contributed by atoms with Gasteiger partial charge in [0, 0.05) is 37.8 Å². The first kappa shape index (κ1) is 36.2. The maximum atomic E-state index is 14.0. The van der Waals surface area contributed by atoms with Crippen LogP contribution in [0.4, 0.5) is 0 Å². The maximum absolute atomic E-state index is 14.0. The van der Waals surface area contributed by atoms with Gasteiger partial charge in [-0.2, -0.15) is 0 Å². The van der Waals surface area contributed by atoms with E-state index < -0.39 is 58.9 Å². The van der Waals surface area contributed by atoms with Gasteiger partial charge in [0.15, 0.2) is 18.0 Å². The number of ether oxygens (including phenoxy) is 3. The van der Waals surface area contributed by atoms with E-state index in [1.165, 1.54) is 12.5 Å². The average molecular weight is 672 g/mol. The summed E-state index contributed by atoms with van der Waals surface area (Å²) in [5.74, 6) is -2.20. The molecule has 0 aromatic heterocycles. The van der Waals surface area contributed by atoms with Gasteiger partial charge in [-0.05, 0) is 107 Å². The van der Waals surface area contributed by atoms with E-state index in [1.54, 1.807) is 0 Å². The second-order valence-electron chi connectivity index (χ2n) is 16.1. The molecule has 0 radical (unpaired) electrons. The molecular weight excluding hydrogens is 618 g/mol. The Morgan fingerprint density at radius 2 is 1.71 bits per heavy atom. The van der Waals surface area contributed by atoms with Crippen molar-refractivity contribution in [1.29, 1.82) is 0 Å². The number of hydrogen-bond donors (Lipinski definition) is 2. The molecule has 3 saturated carbocycles. The summed E-state index contributed by atoms with van der Waals surface area (Å²) in [5.41, 5.74) is -1.23. The molecule has 0 bridgehead atoms. The van der Waals surface area contributed by atoms with Crippen molar-refractivity contribution in [3.63, 3.8) is 0 Å². The van der Waals surface area contributed by atoms with Gasteiger partial charge in [0.25, 0.3) is 0 Å². The Hall–Kier alpha value is -3.08. The lowest BCUT2D eigenvalue weighted by Crippen LogP contribution is -2.59. The molecule has 0 aromatic carbocycles. The summed E-state index contributed by atoms with van der Waals surface area (Å²) in [7, 11) is 0. The van der Waals surface area contributed by atoms with Crippen LogP contribution < -0.4 is 5.32 Å². The van der Waals surface area contributed by atoms with Gasteiger partial charge in [0.1, 0.15) is 0 Å². The minimum atomic E-state index is -1.41. The largest absolute Gasteiger partial charge is 0.481 e. The van der Waals surface area contributed by atoms with Crippen LogP contribution in [-0.4, -0.2) is 70.9 Å². The van der Waals surface area contributed by atoms with Gasteiger partial charge in [-0.15, -0.1) is 0 Å². The third kappa shape index (κ3) is 6.98. The summed E-state index contributed by atoms with van der Waals surface area (Å²) < 4.78 is 17.1. The minimum Gasteiger partial charge on any atom is -0.481 e. The van der Waals surface area contributed by atoms with E-state index in [2.05, 4.69) is 19.2 Å². The smallest absolute Gasteiger partial charge is 0.306 e. The topological polar surface area (TPSA) is 162 Å². The molecule has 48 heavy (non-hydrogen) atoms. The molecular formula is C37H53NO10. The zero-order valence-corrected chi connectivity index (χ0v) is 29.2. The SMILES string of the molecule is CC(=O)O[C@]1(C(=O)COC(=O)CCC(=O)N[C@@H](CC(=O)O)[C@@H]2CCOC(C)(C)C2)CC[C@H]2[C@@H]3CCC4=CC(=O)CC[C@]4(C)[C@H]3CC[C@@]21C. The van der Waals surface area contributed by atoms with Crippen LogP contribution in [0.3, 0.4) is 0 Å². The van der Waals surface area contributed by atoms with Crippen molar-refractivity contribution in [2.45, 2.75) is 135 Å². The van der Waals surface area contributed by atoms with Crippen LogP contribution >= 0.6 is 0 Å². The lowest BCUT2D eigenvalue weighted by Gasteiger charge is -2.59. The lowest BCUT2D eigenvalue weighted by atomic mass is 9.46. The zero-order chi connectivity index (χ0) is 35.1. The second kappa shape index (κ2) is 13.7. The monoisotopic (exact) mass is 671 g/mol. The Balaban J connectivity index is 1.20. The van der Waals surface area contributed by atoms with Crippen molar-refractivity contribution in [3.05, 3.63) is 11.6 Å². The zero-order valence-electron chi connectivity index (χ0n) is 29.2. The van der Waals surface area contributed by atoms with Crippen molar-refractivity contribution in [2.75, 3.05) is 13.2 Å². The number of amides is 1. The number of nitrogens with one attached hydrogen (secondary N) is 1. The van der Waals surface area contributed by atoms with E-state index in [-0.39, 0.29) is 42.3 Å². The Bertz CT molecular complexity index is 1370. The molecule has 0 spiro atoms. The number of aliphatic carboxylic acids is 1. The summed E-state index contributed by atoms with van der Waals surface area (Å²) >= 11 is 0. The molecule has 1 saturated heterocycles. The van der Waals surface area contributed by atoms with Gasteiger partial charge in [-0.3, -0.25) is 28.8 Å². The maximum Gasteiger partial charge on any atom is 0.306 e. The Kier molecular flexibility index (Phi) is 10.3. The molecule has 1 heterocycles. The number of fused-ring (bicyclic) bond motifs is 5. The van der Waals surface area contributed by atoms with Crippen molar-refractivity contribution < 1.29 is 48.1 Å². The van der Waals surface area contributed by atoms with Crippen LogP contribution in [0.25, 0.3) is 0 Å². The van der Waals surface area contributed by atoms with E-state index in [0.717, 1.165) is 32.1 Å². The van der Waals surface area contributed by atoms with Crippen LogP contribution in [0, 0.1) is 34.5 Å². The molecule has 8 atom stereocenters. The van der Waals surface area contributed by atoms with Crippen molar-refractivity contribution in [1.82, 2.24) is 5.32 Å². The Morgan fingerprint density at radius 3 is 2.40 bits per heavy atom. The summed E-state index contributed by atoms with van der Waals surface area (Å²) in [6.07, 6.45) is 8.19. The van der Waals surface area contributed by atoms with Gasteiger partial charge >= 0.3 is 17.9 Å². The van der Waals surface area contributed by atoms with E-state index in [1.807, 2.05) is 19.9 Å². The van der Waals surface area contributed by atoms with Gasteiger partial charge < -0.3 is 24.6 Å². The predicted octanol–water partition coefficient (Wildman–Crippen LogP) is 4.88. The minimum absolute atomic E-state index is 0.0360. The fourth-order valence-electron chi connectivity index (χ4n) is 10.5. The Morgan fingerprint density at radius 1 is 0.979 bits per heavy atom. The number of carboxylic acid groups (broad SMARTS) is 1. The van der Waals surface area contributed by atoms with Crippen molar-refractivity contribution in [2.24, 2.45) is 34.5 Å². The van der Waals surface area contributed by atoms with Gasteiger partial charge in [-0.25, -0.2) is 0 Å². The van der Waals surface area contributed by atoms with Crippen LogP contribution in [0.15, 0.2) is 11.6 Å². The van der Waals surface area contributed by atoms with Gasteiger partial charge in [0.2, 0.25) is 11.7 Å². The highest BCUT2D eigenvalue weighted by atomic mass is 16.6. The number of allylic oxidation sites excluding steroid dienone is 1. The third-order valence-corrected chi connectivity index (χ3v) is 12.8. The fourth-order valence-corrected chi connectivity index (χ4v) is 10.5. The van der Waals surface area contributed by atoms with Crippen LogP contribution in [0.2, 0.25) is 0 Å². The second-order valence-corrected chi connectivity index (χ2v) is 16.1. The number of rotatable bonds is 11. The van der Waals surface area contributed by atoms with E-state index >= 15 is 0 Å². The molecule has 1 aliphatic heterocycles.